The van der Waals surface area contributed by atoms with Gasteiger partial charge in [-0.05, 0) is 110 Å². The van der Waals surface area contributed by atoms with Crippen LogP contribution in [0.25, 0.3) is 0 Å². The van der Waals surface area contributed by atoms with Crippen LogP contribution in [0.1, 0.15) is 132 Å². The lowest BCUT2D eigenvalue weighted by Gasteiger charge is -2.68. The number of nitrogens with one attached hydrogen (secondary N) is 3. The fourth-order valence-corrected chi connectivity index (χ4v) is 12.2. The largest absolute Gasteiger partial charge is 0.462 e. The Morgan fingerprint density at radius 1 is 0.848 bits per heavy atom. The van der Waals surface area contributed by atoms with Crippen LogP contribution in [0.4, 0.5) is 0 Å². The molecule has 46 heavy (non-hydrogen) atoms. The lowest BCUT2D eigenvalue weighted by Crippen LogP contribution is -2.62. The van der Waals surface area contributed by atoms with Crippen LogP contribution in [0.5, 0.6) is 0 Å². The summed E-state index contributed by atoms with van der Waals surface area (Å²) in [5.74, 6) is 3.04. The van der Waals surface area contributed by atoms with Crippen molar-refractivity contribution in [2.75, 3.05) is 39.3 Å². The average Bonchev–Trinajstić information content (AvgIpc) is 3.20. The van der Waals surface area contributed by atoms with Crippen molar-refractivity contribution in [3.05, 3.63) is 0 Å². The zero-order valence-corrected chi connectivity index (χ0v) is 31.1. The molecular formula is C39H72N4O3. The van der Waals surface area contributed by atoms with Crippen molar-refractivity contribution in [2.24, 2.45) is 62.9 Å². The number of amides is 1. The van der Waals surface area contributed by atoms with Crippen molar-refractivity contribution in [3.8, 4) is 0 Å². The van der Waals surface area contributed by atoms with Gasteiger partial charge in [0.2, 0.25) is 5.91 Å². The summed E-state index contributed by atoms with van der Waals surface area (Å²) in [5.41, 5.74) is 5.75. The molecule has 4 aliphatic rings. The average molecular weight is 645 g/mol. The molecule has 0 aromatic rings. The lowest BCUT2D eigenvalue weighted by molar-refractivity contribution is -0.198. The zero-order valence-electron chi connectivity index (χ0n) is 31.1. The van der Waals surface area contributed by atoms with Crippen LogP contribution in [0.15, 0.2) is 0 Å². The number of hydrogen-bond acceptors (Lipinski definition) is 6. The second-order valence-electron chi connectivity index (χ2n) is 17.5. The summed E-state index contributed by atoms with van der Waals surface area (Å²) in [6.45, 7) is 23.5. The third-order valence-electron chi connectivity index (χ3n) is 14.6. The van der Waals surface area contributed by atoms with Crippen LogP contribution in [0.3, 0.4) is 0 Å². The Bertz CT molecular complexity index is 1020. The van der Waals surface area contributed by atoms with Crippen LogP contribution in [0, 0.1) is 57.2 Å². The van der Waals surface area contributed by atoms with Gasteiger partial charge in [0.25, 0.3) is 0 Å². The van der Waals surface area contributed by atoms with E-state index in [1.54, 1.807) is 6.92 Å². The summed E-state index contributed by atoms with van der Waals surface area (Å²) in [5, 5.41) is 10.2. The van der Waals surface area contributed by atoms with Crippen molar-refractivity contribution in [1.29, 1.82) is 0 Å². The lowest BCUT2D eigenvalue weighted by atomic mass is 9.36. The van der Waals surface area contributed by atoms with Gasteiger partial charge in [0, 0.05) is 44.4 Å². The van der Waals surface area contributed by atoms with Gasteiger partial charge in [0.05, 0.1) is 0 Å². The summed E-state index contributed by atoms with van der Waals surface area (Å²) in [6, 6.07) is 0. The molecular weight excluding hydrogens is 572 g/mol. The molecule has 5 N–H and O–H groups in total. The van der Waals surface area contributed by atoms with Crippen molar-refractivity contribution in [1.82, 2.24) is 16.0 Å². The number of carbonyl (C=O) groups excluding carboxylic acids is 2. The van der Waals surface area contributed by atoms with E-state index in [0.717, 1.165) is 76.5 Å². The first kappa shape index (κ1) is 37.6. The molecule has 7 heteroatoms. The van der Waals surface area contributed by atoms with Crippen molar-refractivity contribution >= 4 is 11.9 Å². The molecule has 0 radical (unpaired) electrons. The molecule has 0 heterocycles. The Kier molecular flexibility index (Phi) is 12.7. The Morgan fingerprint density at radius 2 is 1.54 bits per heavy atom. The first-order valence-electron chi connectivity index (χ1n) is 19.3. The van der Waals surface area contributed by atoms with Crippen molar-refractivity contribution in [2.45, 2.75) is 139 Å². The monoisotopic (exact) mass is 645 g/mol. The Morgan fingerprint density at radius 3 is 2.22 bits per heavy atom. The van der Waals surface area contributed by atoms with E-state index >= 15 is 0 Å². The standard InChI is InChI=1S/C39H72N4O3/c1-27(2)12-9-14-31(35(45)43-25-24-42-22-11-21-41-23-20-40)39(8)33-16-15-32-36(5)18-10-13-28(3)30(36)17-19-37(32,6)38(33,7)26-34(39)46-29(4)44/h27-28,30-34,41-42H,9-26,40H2,1-8H3,(H,43,45)/t28-,30?,31-,32?,33?,34?,36+,37+,38?,39+/m1/s1. The predicted molar refractivity (Wildman–Crippen MR) is 189 cm³/mol. The fraction of sp³-hybridized carbons (Fsp3) is 0.949. The van der Waals surface area contributed by atoms with Gasteiger partial charge in [-0.15, -0.1) is 0 Å². The minimum Gasteiger partial charge on any atom is -0.462 e. The number of ether oxygens (including phenoxy) is 1. The quantitative estimate of drug-likeness (QED) is 0.110. The molecule has 0 aromatic carbocycles. The van der Waals surface area contributed by atoms with Crippen LogP contribution in [-0.4, -0.2) is 57.2 Å². The third kappa shape index (κ3) is 7.22. The maximum absolute atomic E-state index is 14.4. The van der Waals surface area contributed by atoms with Gasteiger partial charge in [0.1, 0.15) is 6.10 Å². The first-order valence-corrected chi connectivity index (χ1v) is 19.3. The van der Waals surface area contributed by atoms with E-state index < -0.39 is 5.41 Å². The highest BCUT2D eigenvalue weighted by Gasteiger charge is 2.73. The van der Waals surface area contributed by atoms with E-state index in [4.69, 9.17) is 10.5 Å². The van der Waals surface area contributed by atoms with Gasteiger partial charge in [0.15, 0.2) is 0 Å². The first-order chi connectivity index (χ1) is 21.8. The number of fused-ring (bicyclic) bond motifs is 5. The fourth-order valence-electron chi connectivity index (χ4n) is 12.2. The van der Waals surface area contributed by atoms with E-state index in [0.29, 0.717) is 36.3 Å². The van der Waals surface area contributed by atoms with Gasteiger partial charge in [-0.1, -0.05) is 74.1 Å². The topological polar surface area (TPSA) is 105 Å². The molecule has 0 bridgehead atoms. The van der Waals surface area contributed by atoms with Crippen molar-refractivity contribution in [3.63, 3.8) is 0 Å². The molecule has 4 aliphatic carbocycles. The maximum Gasteiger partial charge on any atom is 0.302 e. The van der Waals surface area contributed by atoms with E-state index in [-0.39, 0.29) is 34.7 Å². The van der Waals surface area contributed by atoms with Crippen LogP contribution < -0.4 is 21.7 Å². The Balaban J connectivity index is 1.58. The van der Waals surface area contributed by atoms with Gasteiger partial charge in [-0.25, -0.2) is 0 Å². The zero-order chi connectivity index (χ0) is 33.8. The smallest absolute Gasteiger partial charge is 0.302 e. The number of esters is 1. The summed E-state index contributed by atoms with van der Waals surface area (Å²) < 4.78 is 6.37. The molecule has 1 amide bonds. The summed E-state index contributed by atoms with van der Waals surface area (Å²) >= 11 is 0. The molecule has 0 aromatic heterocycles. The van der Waals surface area contributed by atoms with Gasteiger partial charge in [-0.3, -0.25) is 9.59 Å². The maximum atomic E-state index is 14.4. The number of carbonyl (C=O) groups is 2. The Labute approximate surface area is 282 Å². The van der Waals surface area contributed by atoms with Crippen LogP contribution in [-0.2, 0) is 14.3 Å². The van der Waals surface area contributed by atoms with Crippen molar-refractivity contribution < 1.29 is 14.3 Å². The van der Waals surface area contributed by atoms with Crippen LogP contribution >= 0.6 is 0 Å². The summed E-state index contributed by atoms with van der Waals surface area (Å²) in [6.07, 6.45) is 13.7. The number of hydrogen-bond donors (Lipinski definition) is 4. The molecule has 0 spiro atoms. The van der Waals surface area contributed by atoms with Gasteiger partial charge >= 0.3 is 5.97 Å². The SMILES string of the molecule is CC(=O)OC1CC2(C)C(CCC3[C@@]4(C)CCC[C@@H](C)C4CC[C@@]32C)[C@]1(C)[C@H](CCCC(C)C)C(=O)NCCNCCCNCCN. The molecule has 0 saturated heterocycles. The van der Waals surface area contributed by atoms with E-state index in [1.165, 1.54) is 38.5 Å². The minimum atomic E-state index is -0.394. The summed E-state index contributed by atoms with van der Waals surface area (Å²) in [4.78, 5) is 27.1. The van der Waals surface area contributed by atoms with E-state index in [9.17, 15) is 9.59 Å². The molecule has 4 saturated carbocycles. The molecule has 4 rings (SSSR count). The molecule has 10 atom stereocenters. The molecule has 5 unspecified atom stereocenters. The highest BCUT2D eigenvalue weighted by atomic mass is 16.5. The minimum absolute atomic E-state index is 0.0233. The molecule has 266 valence electrons. The van der Waals surface area contributed by atoms with Crippen LogP contribution in [0.2, 0.25) is 0 Å². The predicted octanol–water partition coefficient (Wildman–Crippen LogP) is 6.69. The molecule has 0 aliphatic heterocycles. The van der Waals surface area contributed by atoms with E-state index in [1.807, 2.05) is 0 Å². The number of nitrogens with two attached hydrogens (primary N) is 1. The molecule has 7 nitrogen and oxygen atoms in total. The Hall–Kier alpha value is -1.18. The summed E-state index contributed by atoms with van der Waals surface area (Å²) in [7, 11) is 0. The molecule has 4 fully saturated rings. The third-order valence-corrected chi connectivity index (χ3v) is 14.6. The highest BCUT2D eigenvalue weighted by molar-refractivity contribution is 5.80. The van der Waals surface area contributed by atoms with Gasteiger partial charge < -0.3 is 26.4 Å². The van der Waals surface area contributed by atoms with E-state index in [2.05, 4.69) is 64.4 Å². The normalized spacial score (nSPS) is 39.3. The highest BCUT2D eigenvalue weighted by Crippen LogP contribution is 2.77. The van der Waals surface area contributed by atoms with Gasteiger partial charge in [-0.2, -0.15) is 0 Å². The number of rotatable bonds is 16. The second-order valence-corrected chi connectivity index (χ2v) is 17.5. The second kappa shape index (κ2) is 15.6.